The van der Waals surface area contributed by atoms with E-state index in [2.05, 4.69) is 4.90 Å². The Morgan fingerprint density at radius 3 is 2.67 bits per heavy atom. The minimum Gasteiger partial charge on any atom is -0.379 e. The number of thiazole rings is 1. The van der Waals surface area contributed by atoms with E-state index in [1.807, 2.05) is 55.1 Å². The van der Waals surface area contributed by atoms with Crippen molar-refractivity contribution in [2.45, 2.75) is 20.3 Å². The molecule has 0 saturated carbocycles. The molecule has 4 rings (SSSR count). The first-order valence-corrected chi connectivity index (χ1v) is 11.5. The predicted octanol–water partition coefficient (Wildman–Crippen LogP) is 4.94. The predicted molar refractivity (Wildman–Crippen MR) is 124 cm³/mol. The number of benzene rings is 2. The normalized spacial score (nSPS) is 14.9. The van der Waals surface area contributed by atoms with Gasteiger partial charge < -0.3 is 4.74 Å². The molecule has 0 spiro atoms. The zero-order valence-corrected chi connectivity index (χ0v) is 18.9. The Morgan fingerprint density at radius 2 is 1.93 bits per heavy atom. The van der Waals surface area contributed by atoms with Gasteiger partial charge >= 0.3 is 0 Å². The molecule has 1 fully saturated rings. The van der Waals surface area contributed by atoms with Gasteiger partial charge in [0.2, 0.25) is 0 Å². The topological polar surface area (TPSA) is 45.7 Å². The molecule has 7 heteroatoms. The summed E-state index contributed by atoms with van der Waals surface area (Å²) in [5, 5.41) is 1.42. The average Bonchev–Trinajstić information content (AvgIpc) is 3.16. The van der Waals surface area contributed by atoms with E-state index < -0.39 is 0 Å². The summed E-state index contributed by atoms with van der Waals surface area (Å²) in [5.74, 6) is -0.0141. The fourth-order valence-corrected chi connectivity index (χ4v) is 5.12. The highest BCUT2D eigenvalue weighted by atomic mass is 35.5. The van der Waals surface area contributed by atoms with E-state index in [-0.39, 0.29) is 5.91 Å². The molecule has 1 saturated heterocycles. The van der Waals surface area contributed by atoms with Crippen molar-refractivity contribution < 1.29 is 9.53 Å². The average molecular weight is 444 g/mol. The van der Waals surface area contributed by atoms with Crippen LogP contribution in [-0.2, 0) is 4.74 Å². The molecule has 2 aromatic carbocycles. The maximum Gasteiger partial charge on any atom is 0.260 e. The summed E-state index contributed by atoms with van der Waals surface area (Å²) < 4.78 is 6.44. The number of hydrogen-bond acceptors (Lipinski definition) is 5. The molecule has 1 aliphatic heterocycles. The highest BCUT2D eigenvalue weighted by Gasteiger charge is 2.22. The van der Waals surface area contributed by atoms with E-state index in [0.717, 1.165) is 65.7 Å². The Hall–Kier alpha value is -1.99. The number of anilines is 1. The van der Waals surface area contributed by atoms with Crippen LogP contribution in [0, 0.1) is 13.8 Å². The van der Waals surface area contributed by atoms with Gasteiger partial charge in [-0.2, -0.15) is 0 Å². The van der Waals surface area contributed by atoms with E-state index in [0.29, 0.717) is 17.1 Å². The summed E-state index contributed by atoms with van der Waals surface area (Å²) in [6.45, 7) is 9.05. The molecule has 0 atom stereocenters. The highest BCUT2D eigenvalue weighted by Crippen LogP contribution is 2.33. The van der Waals surface area contributed by atoms with Crippen LogP contribution in [0.4, 0.5) is 5.13 Å². The Labute approximate surface area is 186 Å². The van der Waals surface area contributed by atoms with Crippen molar-refractivity contribution in [2.24, 2.45) is 0 Å². The summed E-state index contributed by atoms with van der Waals surface area (Å²) >= 11 is 7.76. The zero-order valence-electron chi connectivity index (χ0n) is 17.4. The first kappa shape index (κ1) is 21.2. The smallest absolute Gasteiger partial charge is 0.260 e. The molecule has 0 aliphatic carbocycles. The van der Waals surface area contributed by atoms with Gasteiger partial charge in [0.25, 0.3) is 5.91 Å². The van der Waals surface area contributed by atoms with Crippen LogP contribution in [0.5, 0.6) is 0 Å². The van der Waals surface area contributed by atoms with Crippen molar-refractivity contribution in [2.75, 3.05) is 44.3 Å². The number of ether oxygens (including phenoxy) is 1. The van der Waals surface area contributed by atoms with E-state index >= 15 is 0 Å². The molecule has 3 aromatic rings. The number of aromatic nitrogens is 1. The fraction of sp³-hybridized carbons (Fsp3) is 0.391. The molecule has 158 valence electrons. The number of rotatable bonds is 6. The number of carbonyl (C=O) groups is 1. The Morgan fingerprint density at radius 1 is 1.20 bits per heavy atom. The number of hydrogen-bond donors (Lipinski definition) is 0. The van der Waals surface area contributed by atoms with Gasteiger partial charge in [-0.3, -0.25) is 14.6 Å². The van der Waals surface area contributed by atoms with Crippen LogP contribution >= 0.6 is 22.9 Å². The van der Waals surface area contributed by atoms with Gasteiger partial charge in [-0.25, -0.2) is 4.98 Å². The molecule has 0 radical (unpaired) electrons. The molecule has 1 amide bonds. The van der Waals surface area contributed by atoms with Crippen LogP contribution in [-0.4, -0.2) is 55.2 Å². The summed E-state index contributed by atoms with van der Waals surface area (Å²) in [4.78, 5) is 22.4. The van der Waals surface area contributed by atoms with E-state index in [1.54, 1.807) is 0 Å². The lowest BCUT2D eigenvalue weighted by Crippen LogP contribution is -2.39. The third kappa shape index (κ3) is 4.83. The first-order valence-electron chi connectivity index (χ1n) is 10.3. The van der Waals surface area contributed by atoms with Crippen molar-refractivity contribution >= 4 is 44.2 Å². The number of aryl methyl sites for hydroxylation is 2. The molecule has 0 unspecified atom stereocenters. The van der Waals surface area contributed by atoms with Gasteiger partial charge in [-0.15, -0.1) is 0 Å². The van der Waals surface area contributed by atoms with Crippen molar-refractivity contribution in [1.29, 1.82) is 0 Å². The highest BCUT2D eigenvalue weighted by molar-refractivity contribution is 7.22. The van der Waals surface area contributed by atoms with Gasteiger partial charge in [0, 0.05) is 36.8 Å². The molecule has 0 N–H and O–H groups in total. The van der Waals surface area contributed by atoms with E-state index in [1.165, 1.54) is 11.3 Å². The van der Waals surface area contributed by atoms with Gasteiger partial charge in [-0.05, 0) is 50.1 Å². The molecule has 1 aliphatic rings. The molecular formula is C23H26ClN3O2S. The molecule has 30 heavy (non-hydrogen) atoms. The van der Waals surface area contributed by atoms with Gasteiger partial charge in [0.05, 0.1) is 23.4 Å². The van der Waals surface area contributed by atoms with Crippen LogP contribution in [0.15, 0.2) is 36.4 Å². The lowest BCUT2D eigenvalue weighted by Gasteiger charge is -2.27. The molecule has 0 bridgehead atoms. The van der Waals surface area contributed by atoms with Crippen LogP contribution < -0.4 is 4.90 Å². The Kier molecular flexibility index (Phi) is 6.68. The summed E-state index contributed by atoms with van der Waals surface area (Å²) in [7, 11) is 0. The number of halogens is 1. The second kappa shape index (κ2) is 9.43. The zero-order chi connectivity index (χ0) is 21.1. The third-order valence-corrected chi connectivity index (χ3v) is 6.62. The maximum absolute atomic E-state index is 13.4. The molecular weight excluding hydrogens is 418 g/mol. The Balaban J connectivity index is 1.59. The fourth-order valence-electron chi connectivity index (χ4n) is 3.67. The number of amides is 1. The summed E-state index contributed by atoms with van der Waals surface area (Å²) in [6, 6.07) is 11.6. The number of carbonyl (C=O) groups excluding carboxylic acids is 1. The van der Waals surface area contributed by atoms with Crippen LogP contribution in [0.1, 0.15) is 27.9 Å². The summed E-state index contributed by atoms with van der Waals surface area (Å²) in [5.41, 5.74) is 3.75. The second-order valence-electron chi connectivity index (χ2n) is 7.70. The van der Waals surface area contributed by atoms with Crippen LogP contribution in [0.2, 0.25) is 5.02 Å². The molecule has 5 nitrogen and oxygen atoms in total. The van der Waals surface area contributed by atoms with Gasteiger partial charge in [0.1, 0.15) is 0 Å². The van der Waals surface area contributed by atoms with Crippen LogP contribution in [0.3, 0.4) is 0 Å². The monoisotopic (exact) mass is 443 g/mol. The third-order valence-electron chi connectivity index (χ3n) is 5.37. The standard InChI is InChI=1S/C23H26ClN3O2S/c1-16-4-6-18(7-5-16)22(28)27(9-3-8-26-10-12-29-13-11-26)23-25-21-17(2)14-19(24)15-20(21)30-23/h4-7,14-15H,3,8-13H2,1-2H3. The quantitative estimate of drug-likeness (QED) is 0.541. The minimum absolute atomic E-state index is 0.0141. The summed E-state index contributed by atoms with van der Waals surface area (Å²) in [6.07, 6.45) is 0.882. The SMILES string of the molecule is Cc1ccc(C(=O)N(CCCN2CCOCC2)c2nc3c(C)cc(Cl)cc3s2)cc1. The lowest BCUT2D eigenvalue weighted by molar-refractivity contribution is 0.0376. The maximum atomic E-state index is 13.4. The molecule has 2 heterocycles. The van der Waals surface area contributed by atoms with Crippen molar-refractivity contribution in [3.63, 3.8) is 0 Å². The van der Waals surface area contributed by atoms with Crippen molar-refractivity contribution in [1.82, 2.24) is 9.88 Å². The number of nitrogens with zero attached hydrogens (tertiary/aromatic N) is 3. The second-order valence-corrected chi connectivity index (χ2v) is 9.14. The number of morpholine rings is 1. The van der Waals surface area contributed by atoms with Crippen LogP contribution in [0.25, 0.3) is 10.2 Å². The van der Waals surface area contributed by atoms with Crippen molar-refractivity contribution in [3.05, 3.63) is 58.1 Å². The number of fused-ring (bicyclic) bond motifs is 1. The largest absolute Gasteiger partial charge is 0.379 e. The minimum atomic E-state index is -0.0141. The van der Waals surface area contributed by atoms with E-state index in [9.17, 15) is 4.79 Å². The first-order chi connectivity index (χ1) is 14.5. The van der Waals surface area contributed by atoms with Gasteiger partial charge in [0.15, 0.2) is 5.13 Å². The lowest BCUT2D eigenvalue weighted by atomic mass is 10.1. The van der Waals surface area contributed by atoms with Crippen molar-refractivity contribution in [3.8, 4) is 0 Å². The van der Waals surface area contributed by atoms with Gasteiger partial charge in [-0.1, -0.05) is 40.6 Å². The Bertz CT molecular complexity index is 1030. The van der Waals surface area contributed by atoms with E-state index in [4.69, 9.17) is 21.3 Å². The molecule has 1 aromatic heterocycles.